The Kier molecular flexibility index (Phi) is 9.55. The molecule has 2 fully saturated rings. The van der Waals surface area contributed by atoms with Gasteiger partial charge in [0.15, 0.2) is 0 Å². The van der Waals surface area contributed by atoms with Crippen LogP contribution < -0.4 is 10.9 Å². The van der Waals surface area contributed by atoms with Crippen LogP contribution in [0, 0.1) is 0 Å². The second-order valence-electron chi connectivity index (χ2n) is 9.76. The van der Waals surface area contributed by atoms with Gasteiger partial charge >= 0.3 is 0 Å². The highest BCUT2D eigenvalue weighted by Crippen LogP contribution is 2.24. The van der Waals surface area contributed by atoms with Crippen LogP contribution in [-0.2, 0) is 25.3 Å². The van der Waals surface area contributed by atoms with Crippen LogP contribution in [0.25, 0.3) is 0 Å². The van der Waals surface area contributed by atoms with E-state index in [-0.39, 0.29) is 5.56 Å². The molecule has 0 atom stereocenters. The number of hydrogen-bond acceptors (Lipinski definition) is 8. The molecule has 0 radical (unpaired) electrons. The van der Waals surface area contributed by atoms with E-state index in [2.05, 4.69) is 49.7 Å². The lowest BCUT2D eigenvalue weighted by Gasteiger charge is -2.26. The molecule has 0 unspecified atom stereocenters. The summed E-state index contributed by atoms with van der Waals surface area (Å²) >= 11 is 5.61. The maximum atomic E-state index is 13.1. The van der Waals surface area contributed by atoms with E-state index in [0.29, 0.717) is 18.9 Å². The van der Waals surface area contributed by atoms with E-state index in [9.17, 15) is 4.79 Å². The minimum atomic E-state index is 0.00130. The fraction of sp³-hybridized carbons (Fsp3) is 0.556. The highest BCUT2D eigenvalue weighted by molar-refractivity contribution is 7.98. The van der Waals surface area contributed by atoms with Gasteiger partial charge in [0.1, 0.15) is 0 Å². The van der Waals surface area contributed by atoms with Crippen molar-refractivity contribution in [1.82, 2.24) is 19.8 Å². The molecule has 0 spiro atoms. The van der Waals surface area contributed by atoms with E-state index in [1.54, 1.807) is 11.3 Å². The topological polar surface area (TPSA) is 64.3 Å². The Hall–Kier alpha value is -1.65. The Labute approximate surface area is 226 Å². The molecule has 194 valence electrons. The van der Waals surface area contributed by atoms with Gasteiger partial charge in [-0.3, -0.25) is 19.6 Å². The molecular weight excluding hydrogens is 507 g/mol. The Morgan fingerprint density at radius 1 is 0.944 bits per heavy atom. The highest BCUT2D eigenvalue weighted by atomic mass is 32.2. The minimum absolute atomic E-state index is 0.00130. The number of likely N-dealkylation sites (tertiary alicyclic amines) is 2. The first kappa shape index (κ1) is 26.0. The molecule has 0 saturated carbocycles. The number of rotatable bonds is 12. The molecule has 2 aliphatic heterocycles. The van der Waals surface area contributed by atoms with Crippen LogP contribution in [0.5, 0.6) is 0 Å². The predicted molar refractivity (Wildman–Crippen MR) is 155 cm³/mol. The average Bonchev–Trinajstić information content (AvgIpc) is 3.66. The quantitative estimate of drug-likeness (QED) is 0.298. The number of nitrogens with zero attached hydrogens (tertiary/aromatic N) is 3. The second kappa shape index (κ2) is 13.2. The summed E-state index contributed by atoms with van der Waals surface area (Å²) in [5, 5.41) is 5.46. The molecule has 5 rings (SSSR count). The fourth-order valence-electron chi connectivity index (χ4n) is 5.02. The van der Waals surface area contributed by atoms with E-state index in [0.717, 1.165) is 48.9 Å². The number of hydrogen-bond donors (Lipinski definition) is 2. The van der Waals surface area contributed by atoms with Crippen molar-refractivity contribution in [2.45, 2.75) is 57.4 Å². The molecule has 2 aliphatic rings. The number of aromatic nitrogens is 2. The number of piperidine rings is 1. The van der Waals surface area contributed by atoms with Crippen molar-refractivity contribution in [1.29, 1.82) is 0 Å². The van der Waals surface area contributed by atoms with Gasteiger partial charge in [0, 0.05) is 52.2 Å². The SMILES string of the molecule is O=c1[nH]c(NCCSCc2ccc(CN3CCCC3)s2)nc(Cc2cccs2)c1CN1CCCCC1. The van der Waals surface area contributed by atoms with Crippen molar-refractivity contribution in [3.63, 3.8) is 0 Å². The Morgan fingerprint density at radius 2 is 1.69 bits per heavy atom. The van der Waals surface area contributed by atoms with Gasteiger partial charge < -0.3 is 5.32 Å². The van der Waals surface area contributed by atoms with E-state index in [1.807, 2.05) is 23.1 Å². The highest BCUT2D eigenvalue weighted by Gasteiger charge is 2.18. The summed E-state index contributed by atoms with van der Waals surface area (Å²) < 4.78 is 0. The van der Waals surface area contributed by atoms with Crippen LogP contribution in [0.2, 0.25) is 0 Å². The molecule has 5 heterocycles. The lowest BCUT2D eigenvalue weighted by molar-refractivity contribution is 0.219. The summed E-state index contributed by atoms with van der Waals surface area (Å²) in [6, 6.07) is 8.78. The molecule has 2 N–H and O–H groups in total. The number of aromatic amines is 1. The molecule has 0 bridgehead atoms. The second-order valence-corrected chi connectivity index (χ2v) is 13.2. The van der Waals surface area contributed by atoms with Crippen LogP contribution in [0.15, 0.2) is 34.4 Å². The molecule has 6 nitrogen and oxygen atoms in total. The van der Waals surface area contributed by atoms with Gasteiger partial charge in [-0.1, -0.05) is 12.5 Å². The van der Waals surface area contributed by atoms with Crippen molar-refractivity contribution in [3.8, 4) is 0 Å². The molecule has 0 aliphatic carbocycles. The van der Waals surface area contributed by atoms with Crippen molar-refractivity contribution in [2.24, 2.45) is 0 Å². The van der Waals surface area contributed by atoms with E-state index >= 15 is 0 Å². The Morgan fingerprint density at radius 3 is 2.47 bits per heavy atom. The summed E-state index contributed by atoms with van der Waals surface area (Å²) in [4.78, 5) is 30.1. The third kappa shape index (κ3) is 7.44. The van der Waals surface area contributed by atoms with Gasteiger partial charge in [-0.05, 0) is 75.4 Å². The van der Waals surface area contributed by atoms with Crippen molar-refractivity contribution >= 4 is 40.4 Å². The average molecular weight is 544 g/mol. The van der Waals surface area contributed by atoms with Crippen LogP contribution in [0.4, 0.5) is 5.95 Å². The van der Waals surface area contributed by atoms with Gasteiger partial charge in [0.25, 0.3) is 5.56 Å². The first-order valence-corrected chi connectivity index (χ1v) is 16.1. The van der Waals surface area contributed by atoms with Crippen molar-refractivity contribution < 1.29 is 0 Å². The molecule has 0 aromatic carbocycles. The number of thioether (sulfide) groups is 1. The number of thiophene rings is 2. The standard InChI is InChI=1S/C27H37N5OS3/c33-26-24(19-32-11-2-1-3-12-32)25(17-21-7-6-15-35-21)29-27(30-26)28-10-16-34-20-23-9-8-22(36-23)18-31-13-4-5-14-31/h6-9,15H,1-5,10-14,16-20H2,(H2,28,29,30,33). The van der Waals surface area contributed by atoms with Gasteiger partial charge in [0.05, 0.1) is 11.3 Å². The zero-order valence-corrected chi connectivity index (χ0v) is 23.4. The van der Waals surface area contributed by atoms with E-state index in [4.69, 9.17) is 4.98 Å². The maximum absolute atomic E-state index is 13.1. The number of nitrogens with one attached hydrogen (secondary N) is 2. The molecule has 3 aromatic rings. The zero-order chi connectivity index (χ0) is 24.6. The lowest BCUT2D eigenvalue weighted by atomic mass is 10.1. The molecule has 9 heteroatoms. The molecule has 0 amide bonds. The van der Waals surface area contributed by atoms with E-state index < -0.39 is 0 Å². The van der Waals surface area contributed by atoms with Crippen LogP contribution in [0.1, 0.15) is 58.0 Å². The van der Waals surface area contributed by atoms with E-state index in [1.165, 1.54) is 59.8 Å². The molecular formula is C27H37N5OS3. The first-order chi connectivity index (χ1) is 17.7. The summed E-state index contributed by atoms with van der Waals surface area (Å²) in [7, 11) is 0. The third-order valence-electron chi connectivity index (χ3n) is 6.93. The number of H-pyrrole nitrogens is 1. The summed E-state index contributed by atoms with van der Waals surface area (Å²) in [5.74, 6) is 2.60. The smallest absolute Gasteiger partial charge is 0.257 e. The van der Waals surface area contributed by atoms with Crippen molar-refractivity contribution in [3.05, 3.63) is 65.9 Å². The van der Waals surface area contributed by atoms with Gasteiger partial charge in [0.2, 0.25) is 5.95 Å². The fourth-order valence-corrected chi connectivity index (χ4v) is 7.76. The third-order valence-corrected chi connectivity index (χ3v) is 10.1. The summed E-state index contributed by atoms with van der Waals surface area (Å²) in [5.41, 5.74) is 1.74. The minimum Gasteiger partial charge on any atom is -0.355 e. The molecule has 36 heavy (non-hydrogen) atoms. The zero-order valence-electron chi connectivity index (χ0n) is 21.0. The molecule has 2 saturated heterocycles. The Bertz CT molecular complexity index is 1130. The van der Waals surface area contributed by atoms with Crippen LogP contribution in [0.3, 0.4) is 0 Å². The largest absolute Gasteiger partial charge is 0.355 e. The molecule has 3 aromatic heterocycles. The normalized spacial score (nSPS) is 17.1. The predicted octanol–water partition coefficient (Wildman–Crippen LogP) is 5.41. The van der Waals surface area contributed by atoms with Crippen LogP contribution >= 0.6 is 34.4 Å². The van der Waals surface area contributed by atoms with Gasteiger partial charge in [-0.2, -0.15) is 11.8 Å². The summed E-state index contributed by atoms with van der Waals surface area (Å²) in [6.45, 7) is 7.22. The van der Waals surface area contributed by atoms with Crippen molar-refractivity contribution in [2.75, 3.05) is 43.8 Å². The number of anilines is 1. The lowest BCUT2D eigenvalue weighted by Crippen LogP contribution is -2.33. The summed E-state index contributed by atoms with van der Waals surface area (Å²) in [6.07, 6.45) is 7.13. The van der Waals surface area contributed by atoms with Gasteiger partial charge in [-0.15, -0.1) is 22.7 Å². The van der Waals surface area contributed by atoms with Gasteiger partial charge in [-0.25, -0.2) is 4.98 Å². The Balaban J connectivity index is 1.14. The first-order valence-electron chi connectivity index (χ1n) is 13.2. The van der Waals surface area contributed by atoms with Crippen LogP contribution in [-0.4, -0.2) is 58.2 Å². The maximum Gasteiger partial charge on any atom is 0.257 e. The monoisotopic (exact) mass is 543 g/mol.